The van der Waals surface area contributed by atoms with Crippen molar-refractivity contribution >= 4 is 22.7 Å². The third-order valence-corrected chi connectivity index (χ3v) is 22.7. The Kier molecular flexibility index (Phi) is 19.9. The first kappa shape index (κ1) is 79.2. The lowest BCUT2D eigenvalue weighted by molar-refractivity contribution is 0.422. The van der Waals surface area contributed by atoms with Crippen LogP contribution in [0.5, 0.6) is 34.5 Å². The summed E-state index contributed by atoms with van der Waals surface area (Å²) in [5.74, 6) is 1.64. The van der Waals surface area contributed by atoms with Crippen LogP contribution in [0.4, 0.5) is 0 Å². The minimum Gasteiger partial charge on any atom is -0.507 e. The van der Waals surface area contributed by atoms with E-state index in [0.29, 0.717) is 0 Å². The average molecular weight is 1390 g/mol. The predicted octanol–water partition coefficient (Wildman–Crippen LogP) is 27.3. The second kappa shape index (κ2) is 25.2. The Bertz CT molecular complexity index is 4000. The van der Waals surface area contributed by atoms with E-state index in [-0.39, 0.29) is 34.5 Å². The zero-order valence-electron chi connectivity index (χ0n) is 68.4. The number of rotatable bonds is 7. The summed E-state index contributed by atoms with van der Waals surface area (Å²) in [5, 5.41) is 77.1. The van der Waals surface area contributed by atoms with E-state index in [1.165, 1.54) is 0 Å². The molecule has 0 saturated carbocycles. The predicted molar refractivity (Wildman–Crippen MR) is 435 cm³/mol. The Labute approximate surface area is 612 Å². The molecule has 6 N–H and O–H groups in total. The smallest absolute Gasteiger partial charge is 0.123 e. The van der Waals surface area contributed by atoms with Crippen LogP contribution in [0.2, 0.25) is 0 Å². The molecule has 6 nitrogen and oxygen atoms in total. The second-order valence-electron chi connectivity index (χ2n) is 41.5. The maximum Gasteiger partial charge on any atom is 0.123 e. The molecule has 8 heteroatoms. The SMILES string of the molecule is CC(C)(C)c1cc(-c2sc(-c3sc(-c4cc(C(C)(C)C)c(O)c(C(C)(C)C)c4)c(-c4cc(C(C)(C)C)c(O)c(C(C)(C)C)c4)c3-c3cc(C(C)(C)C)c(O)c(C(C)(C)C)c3)c(-c3cc(C(C)(C)C)c(O)c(C(C)(C)C)c3)c2-c2cc(C(C)(C)C)c(O)c(C(C)(C)C)c2)cc(C(C)(C)C)c1O. The van der Waals surface area contributed by atoms with Crippen molar-refractivity contribution in [2.45, 2.75) is 314 Å². The highest BCUT2D eigenvalue weighted by Crippen LogP contribution is 2.64. The van der Waals surface area contributed by atoms with Crippen LogP contribution in [0, 0.1) is 0 Å². The van der Waals surface area contributed by atoms with Crippen LogP contribution < -0.4 is 0 Å². The Morgan fingerprint density at radius 3 is 0.370 bits per heavy atom. The Morgan fingerprint density at radius 1 is 0.160 bits per heavy atom. The van der Waals surface area contributed by atoms with E-state index in [1.54, 1.807) is 22.7 Å². The van der Waals surface area contributed by atoms with Gasteiger partial charge in [-0.05, 0) is 171 Å². The molecule has 0 aliphatic rings. The lowest BCUT2D eigenvalue weighted by atomic mass is 9.74. The number of aromatic hydroxyl groups is 6. The summed E-state index contributed by atoms with van der Waals surface area (Å²) in [4.78, 5) is 3.87. The van der Waals surface area contributed by atoms with E-state index in [4.69, 9.17) is 0 Å². The van der Waals surface area contributed by atoms with Crippen LogP contribution in [0.3, 0.4) is 0 Å². The van der Waals surface area contributed by atoms with Crippen molar-refractivity contribution in [3.8, 4) is 110 Å². The van der Waals surface area contributed by atoms with Gasteiger partial charge in [0.25, 0.3) is 0 Å². The first-order valence-corrected chi connectivity index (χ1v) is 38.0. The van der Waals surface area contributed by atoms with Gasteiger partial charge in [-0.1, -0.05) is 249 Å². The van der Waals surface area contributed by atoms with E-state index in [0.717, 1.165) is 142 Å². The van der Waals surface area contributed by atoms with Gasteiger partial charge in [-0.15, -0.1) is 22.7 Å². The van der Waals surface area contributed by atoms with E-state index in [1.807, 2.05) is 0 Å². The van der Waals surface area contributed by atoms with Crippen LogP contribution in [0.25, 0.3) is 75.1 Å². The zero-order chi connectivity index (χ0) is 76.4. The molecule has 0 atom stereocenters. The Hall–Kier alpha value is -6.48. The van der Waals surface area contributed by atoms with Crippen molar-refractivity contribution in [1.29, 1.82) is 0 Å². The molecule has 8 aromatic rings. The lowest BCUT2D eigenvalue weighted by Gasteiger charge is -2.30. The molecule has 2 aromatic heterocycles. The first-order valence-electron chi connectivity index (χ1n) is 36.3. The van der Waals surface area contributed by atoms with Crippen LogP contribution in [0.15, 0.2) is 72.8 Å². The zero-order valence-corrected chi connectivity index (χ0v) is 70.1. The number of benzene rings is 6. The molecule has 542 valence electrons. The molecule has 0 amide bonds. The fourth-order valence-corrected chi connectivity index (χ4v) is 17.0. The molecule has 0 saturated heterocycles. The Balaban J connectivity index is 1.93. The van der Waals surface area contributed by atoms with Crippen molar-refractivity contribution in [2.24, 2.45) is 0 Å². The summed E-state index contributed by atoms with van der Waals surface area (Å²) in [7, 11) is 0. The van der Waals surface area contributed by atoms with Crippen LogP contribution in [-0.2, 0) is 65.0 Å². The summed E-state index contributed by atoms with van der Waals surface area (Å²) in [6.07, 6.45) is 0. The van der Waals surface area contributed by atoms with Gasteiger partial charge in [0.05, 0.1) is 9.75 Å². The van der Waals surface area contributed by atoms with Crippen molar-refractivity contribution in [2.75, 3.05) is 0 Å². The molecule has 8 rings (SSSR count). The summed E-state index contributed by atoms with van der Waals surface area (Å²) in [5.41, 5.74) is 13.0. The average Bonchev–Trinajstić information content (AvgIpc) is 1.53. The first-order chi connectivity index (χ1) is 44.7. The third-order valence-electron chi connectivity index (χ3n) is 20.1. The molecule has 0 fully saturated rings. The van der Waals surface area contributed by atoms with E-state index >= 15 is 0 Å². The lowest BCUT2D eigenvalue weighted by Crippen LogP contribution is -2.18. The molecule has 0 aliphatic heterocycles. The maximum atomic E-state index is 13.0. The van der Waals surface area contributed by atoms with Crippen molar-refractivity contribution in [3.63, 3.8) is 0 Å². The molecule has 0 radical (unpaired) electrons. The van der Waals surface area contributed by atoms with E-state index in [2.05, 4.69) is 322 Å². The topological polar surface area (TPSA) is 121 Å². The van der Waals surface area contributed by atoms with E-state index in [9.17, 15) is 30.6 Å². The van der Waals surface area contributed by atoms with Gasteiger partial charge in [0.2, 0.25) is 0 Å². The minimum atomic E-state index is -0.535. The molecular formula is C92H126O6S2. The van der Waals surface area contributed by atoms with Gasteiger partial charge in [0.1, 0.15) is 34.5 Å². The molecule has 2 heterocycles. The number of hydrogen-bond donors (Lipinski definition) is 6. The summed E-state index contributed by atoms with van der Waals surface area (Å²) in [6.45, 7) is 78.2. The third kappa shape index (κ3) is 15.3. The van der Waals surface area contributed by atoms with Crippen LogP contribution in [-0.4, -0.2) is 30.6 Å². The standard InChI is InChI=1S/C92H126O6S2/c1-81(2,3)55-37-49(38-56(71(55)93)82(4,5)6)67-69(51-41-59(85(13,14)15)73(95)60(42-51)86(16,17)18)79(99-77(67)53-45-63(89(25,26)27)75(97)64(46-53)90(28,29)30)80-70(52-43-61(87(19,20)21)74(96)62(44-52)88(22,23)24)68(50-39-57(83(7,8)9)72(94)58(40-50)84(10,11)12)78(100-80)54-47-65(91(31,32)33)76(98)66(48-54)92(34,35)36/h37-48,93-98H,1-36H3. The van der Waals surface area contributed by atoms with Crippen LogP contribution in [0.1, 0.15) is 316 Å². The van der Waals surface area contributed by atoms with Gasteiger partial charge in [-0.2, -0.15) is 0 Å². The summed E-state index contributed by atoms with van der Waals surface area (Å²) < 4.78 is 0. The summed E-state index contributed by atoms with van der Waals surface area (Å²) >= 11 is 3.48. The highest BCUT2D eigenvalue weighted by Gasteiger charge is 2.40. The molecule has 6 aromatic carbocycles. The fraction of sp³-hybridized carbons (Fsp3) is 0.522. The van der Waals surface area contributed by atoms with Crippen molar-refractivity contribution < 1.29 is 30.6 Å². The maximum absolute atomic E-state index is 13.0. The highest BCUT2D eigenvalue weighted by molar-refractivity contribution is 7.27. The quantitative estimate of drug-likeness (QED) is 0.0946. The van der Waals surface area contributed by atoms with Gasteiger partial charge >= 0.3 is 0 Å². The summed E-state index contributed by atoms with van der Waals surface area (Å²) in [6, 6.07) is 26.7. The monoisotopic (exact) mass is 1390 g/mol. The fourth-order valence-electron chi connectivity index (χ4n) is 14.2. The number of hydrogen-bond acceptors (Lipinski definition) is 8. The van der Waals surface area contributed by atoms with Crippen molar-refractivity contribution in [1.82, 2.24) is 0 Å². The van der Waals surface area contributed by atoms with Gasteiger partial charge in [0.15, 0.2) is 0 Å². The normalized spacial score (nSPS) is 13.8. The largest absolute Gasteiger partial charge is 0.507 e. The molecule has 0 unspecified atom stereocenters. The minimum absolute atomic E-state index is 0.267. The van der Waals surface area contributed by atoms with Crippen LogP contribution >= 0.6 is 22.7 Å². The van der Waals surface area contributed by atoms with E-state index < -0.39 is 65.0 Å². The number of thiophene rings is 2. The molecule has 0 bridgehead atoms. The van der Waals surface area contributed by atoms with Gasteiger partial charge in [0, 0.05) is 98.8 Å². The highest BCUT2D eigenvalue weighted by atomic mass is 32.1. The number of phenolic OH excluding ortho intramolecular Hbond substituents is 6. The van der Waals surface area contributed by atoms with Gasteiger partial charge < -0.3 is 30.6 Å². The Morgan fingerprint density at radius 2 is 0.260 bits per heavy atom. The second-order valence-corrected chi connectivity index (χ2v) is 43.6. The van der Waals surface area contributed by atoms with Gasteiger partial charge in [-0.3, -0.25) is 0 Å². The molecular weight excluding hydrogens is 1270 g/mol. The number of phenols is 6. The molecule has 0 spiro atoms. The molecule has 100 heavy (non-hydrogen) atoms. The van der Waals surface area contributed by atoms with Gasteiger partial charge in [-0.25, -0.2) is 0 Å². The molecule has 0 aliphatic carbocycles. The van der Waals surface area contributed by atoms with Crippen molar-refractivity contribution in [3.05, 3.63) is 140 Å².